The van der Waals surface area contributed by atoms with Gasteiger partial charge < -0.3 is 20.9 Å². The maximum absolute atomic E-state index is 14.3. The number of nitrogens with one attached hydrogen (secondary N) is 1. The number of hydrogen-bond donors (Lipinski definition) is 3. The van der Waals surface area contributed by atoms with Crippen molar-refractivity contribution in [1.29, 1.82) is 0 Å². The minimum atomic E-state index is -1.32. The van der Waals surface area contributed by atoms with Crippen LogP contribution in [0.1, 0.15) is 31.1 Å². The summed E-state index contributed by atoms with van der Waals surface area (Å²) in [4.78, 5) is 38.5. The van der Waals surface area contributed by atoms with Gasteiger partial charge in [0.25, 0.3) is 5.91 Å². The Hall–Kier alpha value is -2.62. The van der Waals surface area contributed by atoms with E-state index in [0.29, 0.717) is 0 Å². The molecule has 1 rings (SSSR count). The van der Waals surface area contributed by atoms with E-state index in [-0.39, 0.29) is 18.7 Å². The van der Waals surface area contributed by atoms with Crippen LogP contribution in [0.4, 0.5) is 19.8 Å². The third-order valence-electron chi connectivity index (χ3n) is 2.66. The van der Waals surface area contributed by atoms with Crippen molar-refractivity contribution in [3.8, 4) is 0 Å². The lowest BCUT2D eigenvalue weighted by atomic mass is 10.2. The third kappa shape index (κ3) is 6.07. The minimum Gasteiger partial charge on any atom is -0.465 e. The molecule has 0 fully saturated rings. The summed E-state index contributed by atoms with van der Waals surface area (Å²) in [6.45, 7) is 4.31. The normalized spacial score (nSPS) is 10.9. The van der Waals surface area contributed by atoms with Gasteiger partial charge in [-0.05, 0) is 26.8 Å². The summed E-state index contributed by atoms with van der Waals surface area (Å²) in [5.74, 6) is -2.55. The number of hydrogen-bond acceptors (Lipinski definition) is 5. The fraction of sp³-hybridized carbons (Fsp3) is 0.429. The molecule has 138 valence electrons. The molecule has 0 bridgehead atoms. The molecule has 0 saturated carbocycles. The highest BCUT2D eigenvalue weighted by molar-refractivity contribution is 6.32. The number of nitrogens with two attached hydrogens (primary N) is 1. The first-order valence-electron chi connectivity index (χ1n) is 7.05. The van der Waals surface area contributed by atoms with Crippen LogP contribution in [-0.2, 0) is 4.74 Å². The van der Waals surface area contributed by atoms with Crippen molar-refractivity contribution in [2.45, 2.75) is 26.4 Å². The standard InChI is InChI=1S/C14H18ClFN4O5/c1-14(2,3)25-13(24)20(5-4-18-12(22)23)11-8(16)6-7(10(17)21)9(15)19-11/h6,18H,4-5H2,1-3H3,(H2,17,21)(H,22,23). The molecular formula is C14H18ClFN4O5. The van der Waals surface area contributed by atoms with Crippen molar-refractivity contribution in [1.82, 2.24) is 10.3 Å². The van der Waals surface area contributed by atoms with Crippen molar-refractivity contribution in [2.24, 2.45) is 5.73 Å². The molecule has 25 heavy (non-hydrogen) atoms. The number of nitrogens with zero attached hydrogens (tertiary/aromatic N) is 2. The lowest BCUT2D eigenvalue weighted by molar-refractivity contribution is 0.0577. The molecule has 9 nitrogen and oxygen atoms in total. The molecule has 0 atom stereocenters. The number of carboxylic acid groups (broad SMARTS) is 1. The summed E-state index contributed by atoms with van der Waals surface area (Å²) in [6.07, 6.45) is -2.28. The molecular weight excluding hydrogens is 359 g/mol. The first-order valence-corrected chi connectivity index (χ1v) is 7.43. The highest BCUT2D eigenvalue weighted by Crippen LogP contribution is 2.24. The summed E-state index contributed by atoms with van der Waals surface area (Å²) < 4.78 is 19.5. The van der Waals surface area contributed by atoms with E-state index in [1.54, 1.807) is 20.8 Å². The highest BCUT2D eigenvalue weighted by atomic mass is 35.5. The average molecular weight is 377 g/mol. The van der Waals surface area contributed by atoms with Gasteiger partial charge in [0, 0.05) is 13.1 Å². The van der Waals surface area contributed by atoms with E-state index in [2.05, 4.69) is 4.98 Å². The summed E-state index contributed by atoms with van der Waals surface area (Å²) in [7, 11) is 0. The summed E-state index contributed by atoms with van der Waals surface area (Å²) in [6, 6.07) is 0.745. The van der Waals surface area contributed by atoms with E-state index in [9.17, 15) is 18.8 Å². The molecule has 0 saturated heterocycles. The van der Waals surface area contributed by atoms with Gasteiger partial charge in [-0.25, -0.2) is 19.0 Å². The van der Waals surface area contributed by atoms with E-state index >= 15 is 0 Å². The molecule has 1 heterocycles. The van der Waals surface area contributed by atoms with Gasteiger partial charge in [-0.3, -0.25) is 9.69 Å². The van der Waals surface area contributed by atoms with Gasteiger partial charge in [-0.15, -0.1) is 0 Å². The summed E-state index contributed by atoms with van der Waals surface area (Å²) >= 11 is 5.80. The van der Waals surface area contributed by atoms with Gasteiger partial charge in [0.05, 0.1) is 5.56 Å². The number of anilines is 1. The van der Waals surface area contributed by atoms with Crippen LogP contribution >= 0.6 is 11.6 Å². The Balaban J connectivity index is 3.22. The SMILES string of the molecule is CC(C)(C)OC(=O)N(CCNC(=O)O)c1nc(Cl)c(C(N)=O)cc1F. The fourth-order valence-electron chi connectivity index (χ4n) is 1.69. The Morgan fingerprint density at radius 1 is 1.44 bits per heavy atom. The van der Waals surface area contributed by atoms with E-state index in [1.165, 1.54) is 0 Å². The second-order valence-corrected chi connectivity index (χ2v) is 6.22. The first kappa shape index (κ1) is 20.4. The van der Waals surface area contributed by atoms with Crippen LogP contribution < -0.4 is 16.0 Å². The minimum absolute atomic E-state index is 0.217. The topological polar surface area (TPSA) is 135 Å². The van der Waals surface area contributed by atoms with Crippen LogP contribution in [0.2, 0.25) is 5.15 Å². The van der Waals surface area contributed by atoms with Gasteiger partial charge in [0.2, 0.25) is 0 Å². The van der Waals surface area contributed by atoms with E-state index in [0.717, 1.165) is 11.0 Å². The van der Waals surface area contributed by atoms with Gasteiger partial charge in [0.15, 0.2) is 11.6 Å². The number of ether oxygens (including phenoxy) is 1. The Labute approximate surface area is 147 Å². The van der Waals surface area contributed by atoms with Gasteiger partial charge >= 0.3 is 12.2 Å². The number of pyridine rings is 1. The number of aromatic nitrogens is 1. The van der Waals surface area contributed by atoms with Crippen LogP contribution in [0, 0.1) is 5.82 Å². The molecule has 0 aliphatic carbocycles. The van der Waals surface area contributed by atoms with Crippen molar-refractivity contribution in [2.75, 3.05) is 18.0 Å². The summed E-state index contributed by atoms with van der Waals surface area (Å²) in [5.41, 5.74) is 3.82. The molecule has 0 radical (unpaired) electrons. The zero-order valence-corrected chi connectivity index (χ0v) is 14.6. The van der Waals surface area contributed by atoms with Gasteiger partial charge in [-0.2, -0.15) is 0 Å². The number of halogens is 2. The largest absolute Gasteiger partial charge is 0.465 e. The first-order chi connectivity index (χ1) is 11.4. The zero-order chi connectivity index (χ0) is 19.4. The molecule has 3 amide bonds. The van der Waals surface area contributed by atoms with Crippen LogP contribution in [0.25, 0.3) is 0 Å². The lowest BCUT2D eigenvalue weighted by Crippen LogP contribution is -2.42. The quantitative estimate of drug-likeness (QED) is 0.672. The Kier molecular flexibility index (Phi) is 6.51. The molecule has 0 aliphatic heterocycles. The van der Waals surface area contributed by atoms with Crippen molar-refractivity contribution in [3.05, 3.63) is 22.6 Å². The van der Waals surface area contributed by atoms with E-state index in [1.807, 2.05) is 5.32 Å². The Bertz CT molecular complexity index is 693. The average Bonchev–Trinajstić information content (AvgIpc) is 2.43. The second-order valence-electron chi connectivity index (χ2n) is 5.86. The summed E-state index contributed by atoms with van der Waals surface area (Å²) in [5, 5.41) is 10.2. The van der Waals surface area contributed by atoms with Crippen LogP contribution in [0.3, 0.4) is 0 Å². The predicted molar refractivity (Wildman–Crippen MR) is 87.3 cm³/mol. The van der Waals surface area contributed by atoms with Crippen molar-refractivity contribution < 1.29 is 28.6 Å². The second kappa shape index (κ2) is 7.97. The molecule has 1 aromatic rings. The third-order valence-corrected chi connectivity index (χ3v) is 2.95. The zero-order valence-electron chi connectivity index (χ0n) is 13.8. The highest BCUT2D eigenvalue weighted by Gasteiger charge is 2.28. The molecule has 0 aromatic carbocycles. The van der Waals surface area contributed by atoms with Crippen molar-refractivity contribution >= 4 is 35.5 Å². The molecule has 0 aliphatic rings. The molecule has 11 heteroatoms. The Morgan fingerprint density at radius 3 is 2.52 bits per heavy atom. The number of carbonyl (C=O) groups is 3. The van der Waals surface area contributed by atoms with Gasteiger partial charge in [-0.1, -0.05) is 11.6 Å². The lowest BCUT2D eigenvalue weighted by Gasteiger charge is -2.27. The predicted octanol–water partition coefficient (Wildman–Crippen LogP) is 1.98. The van der Waals surface area contributed by atoms with Crippen LogP contribution in [0.5, 0.6) is 0 Å². The fourth-order valence-corrected chi connectivity index (χ4v) is 1.92. The van der Waals surface area contributed by atoms with Gasteiger partial charge in [0.1, 0.15) is 10.8 Å². The smallest absolute Gasteiger partial charge is 0.416 e. The number of primary amides is 1. The monoisotopic (exact) mass is 376 g/mol. The number of carbonyl (C=O) groups excluding carboxylic acids is 2. The maximum atomic E-state index is 14.3. The molecule has 0 spiro atoms. The van der Waals surface area contributed by atoms with Crippen molar-refractivity contribution in [3.63, 3.8) is 0 Å². The van der Waals surface area contributed by atoms with Crippen LogP contribution in [0.15, 0.2) is 6.07 Å². The number of rotatable bonds is 5. The molecule has 4 N–H and O–H groups in total. The number of amides is 3. The van der Waals surface area contributed by atoms with Crippen LogP contribution in [-0.4, -0.2) is 46.9 Å². The van der Waals surface area contributed by atoms with E-state index in [4.69, 9.17) is 27.2 Å². The Morgan fingerprint density at radius 2 is 2.04 bits per heavy atom. The molecule has 0 unspecified atom stereocenters. The molecule has 1 aromatic heterocycles. The van der Waals surface area contributed by atoms with E-state index < -0.39 is 40.5 Å². The maximum Gasteiger partial charge on any atom is 0.416 e.